The van der Waals surface area contributed by atoms with Crippen LogP contribution in [0.1, 0.15) is 22.3 Å². The molecule has 0 bridgehead atoms. The summed E-state index contributed by atoms with van der Waals surface area (Å²) in [5.41, 5.74) is 0.0637. The van der Waals surface area contributed by atoms with Gasteiger partial charge in [-0.25, -0.2) is 4.98 Å². The zero-order chi connectivity index (χ0) is 23.8. The highest BCUT2D eigenvalue weighted by Gasteiger charge is 2.31. The molecule has 0 radical (unpaired) electrons. The zero-order valence-corrected chi connectivity index (χ0v) is 17.3. The number of alkyl halides is 6. The van der Waals surface area contributed by atoms with Crippen molar-refractivity contribution in [3.63, 3.8) is 0 Å². The van der Waals surface area contributed by atoms with E-state index >= 15 is 0 Å². The Morgan fingerprint density at radius 1 is 0.848 bits per heavy atom. The van der Waals surface area contributed by atoms with Gasteiger partial charge in [0.1, 0.15) is 0 Å². The summed E-state index contributed by atoms with van der Waals surface area (Å²) in [5, 5.41) is 2.80. The van der Waals surface area contributed by atoms with E-state index in [-0.39, 0.29) is 24.2 Å². The molecule has 0 unspecified atom stereocenters. The minimum Gasteiger partial charge on any atom is -0.364 e. The molecule has 4 aromatic rings. The zero-order valence-electron chi connectivity index (χ0n) is 16.5. The molecule has 0 amide bonds. The van der Waals surface area contributed by atoms with E-state index in [1.807, 2.05) is 0 Å². The van der Waals surface area contributed by atoms with Crippen molar-refractivity contribution in [2.24, 2.45) is 0 Å². The van der Waals surface area contributed by atoms with Crippen molar-refractivity contribution in [3.8, 4) is 0 Å². The predicted molar refractivity (Wildman–Crippen MR) is 110 cm³/mol. The van der Waals surface area contributed by atoms with Crippen molar-refractivity contribution in [2.75, 3.05) is 5.32 Å². The lowest BCUT2D eigenvalue weighted by molar-refractivity contribution is -0.138. The van der Waals surface area contributed by atoms with Crippen LogP contribution in [0.3, 0.4) is 0 Å². The smallest absolute Gasteiger partial charge is 0.364 e. The Kier molecular flexibility index (Phi) is 5.91. The van der Waals surface area contributed by atoms with Crippen LogP contribution < -0.4 is 5.32 Å². The molecule has 0 atom stereocenters. The van der Waals surface area contributed by atoms with Crippen molar-refractivity contribution in [2.45, 2.75) is 25.4 Å². The van der Waals surface area contributed by atoms with Gasteiger partial charge >= 0.3 is 12.4 Å². The first-order valence-corrected chi connectivity index (χ1v) is 9.83. The third-order valence-corrected chi connectivity index (χ3v) is 4.95. The molecule has 0 spiro atoms. The van der Waals surface area contributed by atoms with Gasteiger partial charge in [0.15, 0.2) is 17.0 Å². The summed E-state index contributed by atoms with van der Waals surface area (Å²) < 4.78 is 78.6. The van der Waals surface area contributed by atoms with Crippen LogP contribution in [-0.2, 0) is 25.4 Å². The number of aromatic nitrogens is 4. The molecule has 2 aromatic carbocycles. The number of nitrogens with one attached hydrogen (secondary N) is 1. The highest BCUT2D eigenvalue weighted by atomic mass is 35.5. The summed E-state index contributed by atoms with van der Waals surface area (Å²) in [6, 6.07) is 9.51. The Morgan fingerprint density at radius 2 is 1.55 bits per heavy atom. The van der Waals surface area contributed by atoms with Crippen LogP contribution in [0.25, 0.3) is 11.2 Å². The highest BCUT2D eigenvalue weighted by Crippen LogP contribution is 2.31. The van der Waals surface area contributed by atoms with Crippen LogP contribution in [0.5, 0.6) is 0 Å². The Bertz CT molecular complexity index is 1280. The molecule has 0 aliphatic carbocycles. The molecule has 4 rings (SSSR count). The van der Waals surface area contributed by atoms with Crippen LogP contribution in [0.2, 0.25) is 5.28 Å². The standard InChI is InChI=1S/C21H14ClF6N5/c22-19-31-17(29-9-13-2-1-3-15(8-13)21(26,27)28)16-18(32-19)33(11-30-16)10-12-4-6-14(7-5-12)20(23,24)25/h1-8,11H,9-10H2,(H,29,31,32). The van der Waals surface area contributed by atoms with Crippen LogP contribution in [0, 0.1) is 0 Å². The third-order valence-electron chi connectivity index (χ3n) is 4.79. The number of anilines is 1. The van der Waals surface area contributed by atoms with E-state index < -0.39 is 23.5 Å². The summed E-state index contributed by atoms with van der Waals surface area (Å²) in [7, 11) is 0. The number of halogens is 7. The number of rotatable bonds is 5. The monoisotopic (exact) mass is 485 g/mol. The van der Waals surface area contributed by atoms with Gasteiger partial charge in [-0.1, -0.05) is 24.3 Å². The topological polar surface area (TPSA) is 55.6 Å². The lowest BCUT2D eigenvalue weighted by Crippen LogP contribution is -2.08. The maximum absolute atomic E-state index is 12.9. The number of hydrogen-bond acceptors (Lipinski definition) is 4. The first kappa shape index (κ1) is 22.8. The molecule has 0 saturated heterocycles. The second kappa shape index (κ2) is 8.54. The Labute approximate surface area is 188 Å². The van der Waals surface area contributed by atoms with Gasteiger partial charge in [-0.05, 0) is 47.0 Å². The largest absolute Gasteiger partial charge is 0.416 e. The first-order valence-electron chi connectivity index (χ1n) is 9.45. The number of hydrogen-bond donors (Lipinski definition) is 1. The summed E-state index contributed by atoms with van der Waals surface area (Å²) in [6.45, 7) is 0.202. The van der Waals surface area contributed by atoms with Crippen LogP contribution in [0.15, 0.2) is 54.9 Å². The highest BCUT2D eigenvalue weighted by molar-refractivity contribution is 6.28. The average molecular weight is 486 g/mol. The van der Waals surface area contributed by atoms with Crippen molar-refractivity contribution in [3.05, 3.63) is 82.4 Å². The predicted octanol–water partition coefficient (Wildman–Crippen LogP) is 6.18. The van der Waals surface area contributed by atoms with E-state index in [0.29, 0.717) is 22.3 Å². The van der Waals surface area contributed by atoms with Gasteiger partial charge in [0, 0.05) is 6.54 Å². The second-order valence-electron chi connectivity index (χ2n) is 7.13. The number of fused-ring (bicyclic) bond motifs is 1. The number of benzene rings is 2. The van der Waals surface area contributed by atoms with Crippen LogP contribution >= 0.6 is 11.6 Å². The van der Waals surface area contributed by atoms with E-state index in [9.17, 15) is 26.3 Å². The lowest BCUT2D eigenvalue weighted by atomic mass is 10.1. The Morgan fingerprint density at radius 3 is 2.21 bits per heavy atom. The van der Waals surface area contributed by atoms with Crippen LogP contribution in [-0.4, -0.2) is 19.5 Å². The van der Waals surface area contributed by atoms with Crippen LogP contribution in [0.4, 0.5) is 32.2 Å². The first-order chi connectivity index (χ1) is 15.5. The molecular formula is C21H14ClF6N5. The van der Waals surface area contributed by atoms with Crippen molar-refractivity contribution < 1.29 is 26.3 Å². The van der Waals surface area contributed by atoms with Crippen molar-refractivity contribution >= 4 is 28.6 Å². The fourth-order valence-corrected chi connectivity index (χ4v) is 3.36. The minimum absolute atomic E-state index is 0.0259. The molecule has 1 N–H and O–H groups in total. The normalized spacial score (nSPS) is 12.3. The molecule has 0 aliphatic heterocycles. The van der Waals surface area contributed by atoms with Gasteiger partial charge in [0.2, 0.25) is 5.28 Å². The van der Waals surface area contributed by atoms with E-state index in [1.54, 1.807) is 4.57 Å². The molecule has 2 heterocycles. The Balaban J connectivity index is 1.57. The van der Waals surface area contributed by atoms with E-state index in [1.165, 1.54) is 30.6 Å². The molecule has 2 aromatic heterocycles. The quantitative estimate of drug-likeness (QED) is 0.271. The van der Waals surface area contributed by atoms with E-state index in [0.717, 1.165) is 24.3 Å². The van der Waals surface area contributed by atoms with Gasteiger partial charge in [0.25, 0.3) is 0 Å². The fourth-order valence-electron chi connectivity index (χ4n) is 3.20. The molecule has 12 heteroatoms. The molecular weight excluding hydrogens is 472 g/mol. The maximum Gasteiger partial charge on any atom is 0.416 e. The van der Waals surface area contributed by atoms with Gasteiger partial charge in [0.05, 0.1) is 24.0 Å². The minimum atomic E-state index is -4.46. The van der Waals surface area contributed by atoms with Gasteiger partial charge in [-0.3, -0.25) is 0 Å². The summed E-state index contributed by atoms with van der Waals surface area (Å²) in [6.07, 6.45) is -7.46. The molecule has 0 aliphatic rings. The van der Waals surface area contributed by atoms with E-state index in [4.69, 9.17) is 11.6 Å². The number of nitrogens with zero attached hydrogens (tertiary/aromatic N) is 4. The van der Waals surface area contributed by atoms with Gasteiger partial charge < -0.3 is 9.88 Å². The average Bonchev–Trinajstić information content (AvgIpc) is 3.14. The summed E-state index contributed by atoms with van der Waals surface area (Å²) >= 11 is 6.02. The summed E-state index contributed by atoms with van der Waals surface area (Å²) in [4.78, 5) is 12.4. The van der Waals surface area contributed by atoms with Gasteiger partial charge in [-0.2, -0.15) is 36.3 Å². The number of imidazole rings is 1. The summed E-state index contributed by atoms with van der Waals surface area (Å²) in [5.74, 6) is 0.216. The third kappa shape index (κ3) is 5.19. The molecule has 5 nitrogen and oxygen atoms in total. The van der Waals surface area contributed by atoms with Gasteiger partial charge in [-0.15, -0.1) is 0 Å². The molecule has 0 fully saturated rings. The Hall–Kier alpha value is -3.34. The van der Waals surface area contributed by atoms with Crippen molar-refractivity contribution in [1.82, 2.24) is 19.5 Å². The van der Waals surface area contributed by atoms with E-state index in [2.05, 4.69) is 20.3 Å². The maximum atomic E-state index is 12.9. The lowest BCUT2D eigenvalue weighted by Gasteiger charge is -2.11. The SMILES string of the molecule is FC(F)(F)c1ccc(Cn2cnc3c(NCc4cccc(C(F)(F)F)c4)nc(Cl)nc32)cc1. The van der Waals surface area contributed by atoms with Crippen molar-refractivity contribution in [1.29, 1.82) is 0 Å². The molecule has 172 valence electrons. The molecule has 33 heavy (non-hydrogen) atoms. The second-order valence-corrected chi connectivity index (χ2v) is 7.47. The fraction of sp³-hybridized carbons (Fsp3) is 0.190. The molecule has 0 saturated carbocycles.